The molecule has 0 bridgehead atoms. The molecular weight excluding hydrogens is 232 g/mol. The molecule has 0 N–H and O–H groups in total. The number of rotatable bonds is 10. The van der Waals surface area contributed by atoms with Crippen LogP contribution in [0.5, 0.6) is 0 Å². The van der Waals surface area contributed by atoms with Gasteiger partial charge in [-0.15, -0.1) is 0 Å². The summed E-state index contributed by atoms with van der Waals surface area (Å²) in [5, 5.41) is 0. The summed E-state index contributed by atoms with van der Waals surface area (Å²) in [6.45, 7) is 8.20. The van der Waals surface area contributed by atoms with Crippen LogP contribution in [0.4, 0.5) is 0 Å². The van der Waals surface area contributed by atoms with E-state index in [0.717, 1.165) is 19.3 Å². The number of hydrogen-bond acceptors (Lipinski definition) is 1. The number of ketones is 1. The molecule has 0 aromatic carbocycles. The Bertz CT molecular complexity index is 279. The summed E-state index contributed by atoms with van der Waals surface area (Å²) in [6.07, 6.45) is 17.9. The summed E-state index contributed by atoms with van der Waals surface area (Å²) in [5.41, 5.74) is -0.185. The van der Waals surface area contributed by atoms with Gasteiger partial charge in [-0.25, -0.2) is 0 Å². The van der Waals surface area contributed by atoms with Crippen molar-refractivity contribution in [3.8, 4) is 0 Å². The Morgan fingerprint density at radius 3 is 1.89 bits per heavy atom. The van der Waals surface area contributed by atoms with Crippen molar-refractivity contribution in [3.63, 3.8) is 0 Å². The molecule has 0 spiro atoms. The van der Waals surface area contributed by atoms with Crippen LogP contribution in [0.2, 0.25) is 0 Å². The first-order valence-electron chi connectivity index (χ1n) is 7.81. The first-order chi connectivity index (χ1) is 8.98. The Balaban J connectivity index is 3.47. The van der Waals surface area contributed by atoms with Crippen LogP contribution in [0.15, 0.2) is 24.3 Å². The summed E-state index contributed by atoms with van der Waals surface area (Å²) >= 11 is 0. The van der Waals surface area contributed by atoms with Gasteiger partial charge in [0.1, 0.15) is 5.78 Å². The molecule has 0 aliphatic rings. The Labute approximate surface area is 120 Å². The van der Waals surface area contributed by atoms with Crippen LogP contribution in [-0.4, -0.2) is 5.78 Å². The number of allylic oxidation sites excluding steroid dienone is 4. The highest BCUT2D eigenvalue weighted by atomic mass is 16.1. The summed E-state index contributed by atoms with van der Waals surface area (Å²) < 4.78 is 0. The number of carbonyl (C=O) groups is 1. The summed E-state index contributed by atoms with van der Waals surface area (Å²) in [7, 11) is 0. The van der Waals surface area contributed by atoms with E-state index < -0.39 is 0 Å². The van der Waals surface area contributed by atoms with Gasteiger partial charge in [0.15, 0.2) is 0 Å². The molecule has 0 aromatic rings. The van der Waals surface area contributed by atoms with Crippen molar-refractivity contribution in [1.82, 2.24) is 0 Å². The van der Waals surface area contributed by atoms with Gasteiger partial charge in [-0.05, 0) is 32.1 Å². The summed E-state index contributed by atoms with van der Waals surface area (Å²) in [6, 6.07) is 0. The quantitative estimate of drug-likeness (QED) is 0.357. The van der Waals surface area contributed by atoms with Gasteiger partial charge in [0.25, 0.3) is 0 Å². The zero-order valence-electron chi connectivity index (χ0n) is 13.4. The molecule has 0 heterocycles. The lowest BCUT2D eigenvalue weighted by Gasteiger charge is -2.15. The molecule has 0 aromatic heterocycles. The third kappa shape index (κ3) is 11.9. The van der Waals surface area contributed by atoms with Crippen molar-refractivity contribution < 1.29 is 4.79 Å². The molecule has 0 amide bonds. The molecule has 0 aliphatic heterocycles. The van der Waals surface area contributed by atoms with Gasteiger partial charge >= 0.3 is 0 Å². The highest BCUT2D eigenvalue weighted by Crippen LogP contribution is 2.17. The molecule has 0 saturated carbocycles. The molecule has 0 radical (unpaired) electrons. The molecule has 0 aliphatic carbocycles. The predicted molar refractivity (Wildman–Crippen MR) is 85.4 cm³/mol. The SMILES string of the molecule is CCCCC/C=C/CC/C=C/CCC(=O)C(C)(C)C. The van der Waals surface area contributed by atoms with E-state index in [-0.39, 0.29) is 5.41 Å². The van der Waals surface area contributed by atoms with Gasteiger partial charge < -0.3 is 0 Å². The maximum absolute atomic E-state index is 11.7. The Hall–Kier alpha value is -0.850. The molecule has 0 unspecified atom stereocenters. The number of hydrogen-bond donors (Lipinski definition) is 0. The van der Waals surface area contributed by atoms with Crippen molar-refractivity contribution in [2.45, 2.75) is 79.1 Å². The van der Waals surface area contributed by atoms with Crippen molar-refractivity contribution in [2.75, 3.05) is 0 Å². The van der Waals surface area contributed by atoms with Crippen LogP contribution < -0.4 is 0 Å². The zero-order chi connectivity index (χ0) is 14.6. The molecule has 0 atom stereocenters. The second kappa shape index (κ2) is 11.0. The van der Waals surface area contributed by atoms with Crippen molar-refractivity contribution in [3.05, 3.63) is 24.3 Å². The monoisotopic (exact) mass is 264 g/mol. The fraction of sp³-hybridized carbons (Fsp3) is 0.722. The van der Waals surface area contributed by atoms with E-state index in [1.165, 1.54) is 25.7 Å². The van der Waals surface area contributed by atoms with E-state index >= 15 is 0 Å². The van der Waals surface area contributed by atoms with Crippen molar-refractivity contribution in [2.24, 2.45) is 5.41 Å². The average molecular weight is 264 g/mol. The molecule has 19 heavy (non-hydrogen) atoms. The highest BCUT2D eigenvalue weighted by molar-refractivity contribution is 5.83. The van der Waals surface area contributed by atoms with Gasteiger partial charge in [0, 0.05) is 11.8 Å². The van der Waals surface area contributed by atoms with E-state index in [1.54, 1.807) is 0 Å². The minimum Gasteiger partial charge on any atom is -0.299 e. The van der Waals surface area contributed by atoms with Gasteiger partial charge in [-0.3, -0.25) is 4.79 Å². The molecule has 0 fully saturated rings. The van der Waals surface area contributed by atoms with Crippen LogP contribution in [0, 0.1) is 5.41 Å². The van der Waals surface area contributed by atoms with Crippen LogP contribution in [0.25, 0.3) is 0 Å². The van der Waals surface area contributed by atoms with E-state index in [0.29, 0.717) is 12.2 Å². The zero-order valence-corrected chi connectivity index (χ0v) is 13.4. The van der Waals surface area contributed by atoms with Gasteiger partial charge in [0.2, 0.25) is 0 Å². The van der Waals surface area contributed by atoms with Gasteiger partial charge in [0.05, 0.1) is 0 Å². The van der Waals surface area contributed by atoms with Crippen LogP contribution >= 0.6 is 0 Å². The second-order valence-corrected chi connectivity index (χ2v) is 6.23. The van der Waals surface area contributed by atoms with Crippen LogP contribution in [0.1, 0.15) is 79.1 Å². The summed E-state index contributed by atoms with van der Waals surface area (Å²) in [5.74, 6) is 0.355. The fourth-order valence-electron chi connectivity index (χ4n) is 1.77. The van der Waals surface area contributed by atoms with Gasteiger partial charge in [-0.1, -0.05) is 64.8 Å². The minimum absolute atomic E-state index is 0.185. The number of unbranched alkanes of at least 4 members (excludes halogenated alkanes) is 4. The van der Waals surface area contributed by atoms with E-state index in [4.69, 9.17) is 0 Å². The average Bonchev–Trinajstić information content (AvgIpc) is 2.34. The smallest absolute Gasteiger partial charge is 0.138 e. The highest BCUT2D eigenvalue weighted by Gasteiger charge is 2.19. The lowest BCUT2D eigenvalue weighted by atomic mass is 9.88. The third-order valence-corrected chi connectivity index (χ3v) is 3.18. The molecule has 0 rings (SSSR count). The predicted octanol–water partition coefficient (Wildman–Crippen LogP) is 5.85. The third-order valence-electron chi connectivity index (χ3n) is 3.18. The second-order valence-electron chi connectivity index (χ2n) is 6.23. The van der Waals surface area contributed by atoms with Crippen molar-refractivity contribution in [1.29, 1.82) is 0 Å². The van der Waals surface area contributed by atoms with E-state index in [2.05, 4.69) is 31.2 Å². The fourth-order valence-corrected chi connectivity index (χ4v) is 1.77. The Kier molecular flexibility index (Phi) is 10.5. The van der Waals surface area contributed by atoms with Crippen LogP contribution in [-0.2, 0) is 4.79 Å². The maximum atomic E-state index is 11.7. The molecule has 1 nitrogen and oxygen atoms in total. The molecular formula is C18H32O. The van der Waals surface area contributed by atoms with E-state index in [9.17, 15) is 4.79 Å². The molecule has 0 saturated heterocycles. The topological polar surface area (TPSA) is 17.1 Å². The largest absolute Gasteiger partial charge is 0.299 e. The minimum atomic E-state index is -0.185. The van der Waals surface area contributed by atoms with E-state index in [1.807, 2.05) is 20.8 Å². The van der Waals surface area contributed by atoms with Crippen LogP contribution in [0.3, 0.4) is 0 Å². The standard InChI is InChI=1S/C18H32O/c1-5-6-7-8-9-10-11-12-13-14-15-16-17(19)18(2,3)4/h9-10,13-14H,5-8,11-12,15-16H2,1-4H3/b10-9+,14-13+. The lowest BCUT2D eigenvalue weighted by Crippen LogP contribution is -2.19. The summed E-state index contributed by atoms with van der Waals surface area (Å²) in [4.78, 5) is 11.7. The van der Waals surface area contributed by atoms with Crippen molar-refractivity contribution >= 4 is 5.78 Å². The molecule has 110 valence electrons. The van der Waals surface area contributed by atoms with Gasteiger partial charge in [-0.2, -0.15) is 0 Å². The normalized spacial score (nSPS) is 12.6. The molecule has 1 heteroatoms. The Morgan fingerprint density at radius 2 is 1.37 bits per heavy atom. The lowest BCUT2D eigenvalue weighted by molar-refractivity contribution is -0.126. The first-order valence-corrected chi connectivity index (χ1v) is 7.81. The number of Topliss-reactive ketones (excluding diaryl/α,β-unsaturated/α-hetero) is 1. The maximum Gasteiger partial charge on any atom is 0.138 e. The number of carbonyl (C=O) groups excluding carboxylic acids is 1. The Morgan fingerprint density at radius 1 is 0.842 bits per heavy atom. The first kappa shape index (κ1) is 18.1.